The summed E-state index contributed by atoms with van der Waals surface area (Å²) in [5.41, 5.74) is 0.418. The highest BCUT2D eigenvalue weighted by Gasteiger charge is 2.22. The highest BCUT2D eigenvalue weighted by molar-refractivity contribution is 7.98. The Balaban J connectivity index is 3.12. The van der Waals surface area contributed by atoms with Crippen molar-refractivity contribution in [2.24, 2.45) is 0 Å². The van der Waals surface area contributed by atoms with Crippen LogP contribution in [0.25, 0.3) is 0 Å². The third kappa shape index (κ3) is 2.68. The van der Waals surface area contributed by atoms with Crippen LogP contribution in [-0.4, -0.2) is 31.6 Å². The maximum absolute atomic E-state index is 11.2. The minimum absolute atomic E-state index is 0.418. The number of hydrogen-bond donors (Lipinski definition) is 1. The lowest BCUT2D eigenvalue weighted by Gasteiger charge is -2.13. The van der Waals surface area contributed by atoms with E-state index in [0.29, 0.717) is 11.3 Å². The zero-order valence-corrected chi connectivity index (χ0v) is 10.2. The van der Waals surface area contributed by atoms with Gasteiger partial charge in [0, 0.05) is 10.5 Å². The van der Waals surface area contributed by atoms with E-state index in [1.165, 1.54) is 26.0 Å². The first-order valence-corrected chi connectivity index (χ1v) is 5.84. The summed E-state index contributed by atoms with van der Waals surface area (Å²) in [5, 5.41) is 9.76. The summed E-state index contributed by atoms with van der Waals surface area (Å²) in [6.45, 7) is 0. The molecule has 88 valence electrons. The van der Waals surface area contributed by atoms with E-state index < -0.39 is 12.1 Å². The van der Waals surface area contributed by atoms with E-state index >= 15 is 0 Å². The van der Waals surface area contributed by atoms with Gasteiger partial charge in [0.2, 0.25) is 0 Å². The monoisotopic (exact) mass is 242 g/mol. The van der Waals surface area contributed by atoms with Gasteiger partial charge in [0.15, 0.2) is 6.10 Å². The molecule has 0 heterocycles. The molecule has 0 radical (unpaired) electrons. The van der Waals surface area contributed by atoms with E-state index in [0.717, 1.165) is 4.90 Å². The molecule has 16 heavy (non-hydrogen) atoms. The molecular formula is C11H14O4S. The molecule has 1 aromatic rings. The quantitative estimate of drug-likeness (QED) is 0.642. The van der Waals surface area contributed by atoms with Crippen molar-refractivity contribution < 1.29 is 19.4 Å². The van der Waals surface area contributed by atoms with Crippen LogP contribution in [0.3, 0.4) is 0 Å². The molecule has 5 heteroatoms. The van der Waals surface area contributed by atoms with Crippen LogP contribution in [0.15, 0.2) is 23.1 Å². The number of rotatable bonds is 4. The molecule has 0 amide bonds. The molecule has 0 spiro atoms. The molecule has 0 aliphatic carbocycles. The molecule has 1 unspecified atom stereocenters. The highest BCUT2D eigenvalue weighted by atomic mass is 32.2. The standard InChI is InChI=1S/C11H14O4S/c1-14-9-5-4-7(16-3)6-8(9)10(12)11(13)15-2/h4-6,10,12H,1-3H3. The second-order valence-corrected chi connectivity index (χ2v) is 3.91. The van der Waals surface area contributed by atoms with Crippen LogP contribution >= 0.6 is 11.8 Å². The summed E-state index contributed by atoms with van der Waals surface area (Å²) >= 11 is 1.52. The fraction of sp³-hybridized carbons (Fsp3) is 0.364. The van der Waals surface area contributed by atoms with Gasteiger partial charge in [-0.15, -0.1) is 11.8 Å². The van der Waals surface area contributed by atoms with Crippen LogP contribution in [0.5, 0.6) is 5.75 Å². The van der Waals surface area contributed by atoms with Crippen molar-refractivity contribution in [3.8, 4) is 5.75 Å². The molecular weight excluding hydrogens is 228 g/mol. The summed E-state index contributed by atoms with van der Waals surface area (Å²) in [7, 11) is 2.72. The number of hydrogen-bond acceptors (Lipinski definition) is 5. The lowest BCUT2D eigenvalue weighted by atomic mass is 10.1. The summed E-state index contributed by atoms with van der Waals surface area (Å²) in [6, 6.07) is 5.29. The van der Waals surface area contributed by atoms with Crippen molar-refractivity contribution in [1.29, 1.82) is 0 Å². The molecule has 4 nitrogen and oxygen atoms in total. The van der Waals surface area contributed by atoms with Gasteiger partial charge < -0.3 is 14.6 Å². The third-order valence-corrected chi connectivity index (χ3v) is 2.88. The molecule has 0 aromatic heterocycles. The number of carbonyl (C=O) groups excluding carboxylic acids is 1. The van der Waals surface area contributed by atoms with E-state index in [1.54, 1.807) is 12.1 Å². The Morgan fingerprint density at radius 3 is 2.62 bits per heavy atom. The van der Waals surface area contributed by atoms with Gasteiger partial charge in [-0.1, -0.05) is 0 Å². The van der Waals surface area contributed by atoms with Crippen molar-refractivity contribution in [2.75, 3.05) is 20.5 Å². The maximum atomic E-state index is 11.2. The van der Waals surface area contributed by atoms with Crippen molar-refractivity contribution in [1.82, 2.24) is 0 Å². The van der Waals surface area contributed by atoms with Crippen LogP contribution in [0.2, 0.25) is 0 Å². The Hall–Kier alpha value is -1.20. The number of thioether (sulfide) groups is 1. The number of methoxy groups -OCH3 is 2. The molecule has 1 rings (SSSR count). The first-order chi connectivity index (χ1) is 7.63. The van der Waals surface area contributed by atoms with Crippen LogP contribution in [0.1, 0.15) is 11.7 Å². The topological polar surface area (TPSA) is 55.8 Å². The number of ether oxygens (including phenoxy) is 2. The number of esters is 1. The van der Waals surface area contributed by atoms with Crippen LogP contribution in [0, 0.1) is 0 Å². The summed E-state index contributed by atoms with van der Waals surface area (Å²) < 4.78 is 9.57. The van der Waals surface area contributed by atoms with Crippen molar-refractivity contribution in [2.45, 2.75) is 11.0 Å². The van der Waals surface area contributed by atoms with Crippen molar-refractivity contribution >= 4 is 17.7 Å². The van der Waals surface area contributed by atoms with Crippen LogP contribution < -0.4 is 4.74 Å². The maximum Gasteiger partial charge on any atom is 0.339 e. The average molecular weight is 242 g/mol. The lowest BCUT2D eigenvalue weighted by Crippen LogP contribution is -2.14. The Morgan fingerprint density at radius 1 is 1.44 bits per heavy atom. The molecule has 0 fully saturated rings. The number of benzene rings is 1. The summed E-state index contributed by atoms with van der Waals surface area (Å²) in [5.74, 6) is -0.229. The minimum Gasteiger partial charge on any atom is -0.496 e. The Kier molecular flexibility index (Phi) is 4.64. The van der Waals surface area contributed by atoms with Gasteiger partial charge in [0.25, 0.3) is 0 Å². The molecule has 1 atom stereocenters. The number of carbonyl (C=O) groups is 1. The SMILES string of the molecule is COC(=O)C(O)c1cc(SC)ccc1OC. The molecule has 1 aromatic carbocycles. The lowest BCUT2D eigenvalue weighted by molar-refractivity contribution is -0.150. The van der Waals surface area contributed by atoms with Crippen molar-refractivity contribution in [3.05, 3.63) is 23.8 Å². The largest absolute Gasteiger partial charge is 0.496 e. The highest BCUT2D eigenvalue weighted by Crippen LogP contribution is 2.30. The van der Waals surface area contributed by atoms with E-state index in [2.05, 4.69) is 4.74 Å². The Morgan fingerprint density at radius 2 is 2.12 bits per heavy atom. The van der Waals surface area contributed by atoms with E-state index in [9.17, 15) is 9.90 Å². The Bertz CT molecular complexity index is 378. The first kappa shape index (κ1) is 12.9. The van der Waals surface area contributed by atoms with Gasteiger partial charge in [0.05, 0.1) is 14.2 Å². The average Bonchev–Trinajstić information content (AvgIpc) is 2.35. The fourth-order valence-electron chi connectivity index (χ4n) is 1.29. The van der Waals surface area contributed by atoms with Crippen molar-refractivity contribution in [3.63, 3.8) is 0 Å². The third-order valence-electron chi connectivity index (χ3n) is 2.16. The fourth-order valence-corrected chi connectivity index (χ4v) is 1.74. The van der Waals surface area contributed by atoms with Gasteiger partial charge in [0.1, 0.15) is 5.75 Å². The predicted octanol–water partition coefficient (Wildman–Crippen LogP) is 1.62. The molecule has 0 aliphatic heterocycles. The summed E-state index contributed by atoms with van der Waals surface area (Å²) in [6.07, 6.45) is 0.600. The Labute approximate surface area is 98.6 Å². The number of aliphatic hydroxyl groups is 1. The zero-order valence-electron chi connectivity index (χ0n) is 9.39. The van der Waals surface area contributed by atoms with Gasteiger partial charge >= 0.3 is 5.97 Å². The predicted molar refractivity (Wildman–Crippen MR) is 61.8 cm³/mol. The van der Waals surface area contributed by atoms with E-state index in [1.807, 2.05) is 12.3 Å². The number of aliphatic hydroxyl groups excluding tert-OH is 1. The smallest absolute Gasteiger partial charge is 0.339 e. The van der Waals surface area contributed by atoms with Crippen LogP contribution in [-0.2, 0) is 9.53 Å². The second-order valence-electron chi connectivity index (χ2n) is 3.03. The van der Waals surface area contributed by atoms with E-state index in [4.69, 9.17) is 4.74 Å². The van der Waals surface area contributed by atoms with E-state index in [-0.39, 0.29) is 0 Å². The van der Waals surface area contributed by atoms with Gasteiger partial charge in [-0.2, -0.15) is 0 Å². The van der Waals surface area contributed by atoms with Gasteiger partial charge in [-0.25, -0.2) is 4.79 Å². The molecule has 0 bridgehead atoms. The van der Waals surface area contributed by atoms with Crippen LogP contribution in [0.4, 0.5) is 0 Å². The zero-order chi connectivity index (χ0) is 12.1. The molecule has 0 aliphatic rings. The first-order valence-electron chi connectivity index (χ1n) is 4.61. The summed E-state index contributed by atoms with van der Waals surface area (Å²) in [4.78, 5) is 12.2. The molecule has 1 N–H and O–H groups in total. The second kappa shape index (κ2) is 5.77. The minimum atomic E-state index is -1.31. The van der Waals surface area contributed by atoms with Gasteiger partial charge in [-0.05, 0) is 24.5 Å². The molecule has 0 saturated heterocycles. The normalized spacial score (nSPS) is 12.0. The molecule has 0 saturated carbocycles. The van der Waals surface area contributed by atoms with Gasteiger partial charge in [-0.3, -0.25) is 0 Å².